The SMILES string of the molecule is CN(CCOc1ccc(Cl)cc1Br)C(CN)C1CC1. The van der Waals surface area contributed by atoms with E-state index in [0.29, 0.717) is 17.7 Å². The first-order valence-corrected chi connectivity index (χ1v) is 7.77. The van der Waals surface area contributed by atoms with Gasteiger partial charge in [0.05, 0.1) is 4.47 Å². The Morgan fingerprint density at radius 1 is 1.53 bits per heavy atom. The minimum absolute atomic E-state index is 0.497. The van der Waals surface area contributed by atoms with Crippen molar-refractivity contribution in [3.05, 3.63) is 27.7 Å². The molecule has 0 heterocycles. The van der Waals surface area contributed by atoms with Crippen molar-refractivity contribution in [2.24, 2.45) is 11.7 Å². The zero-order valence-electron chi connectivity index (χ0n) is 11.1. The lowest BCUT2D eigenvalue weighted by atomic mass is 10.1. The molecule has 5 heteroatoms. The molecule has 0 saturated heterocycles. The zero-order chi connectivity index (χ0) is 13.8. The zero-order valence-corrected chi connectivity index (χ0v) is 13.5. The second-order valence-corrected chi connectivity index (χ2v) is 6.34. The molecule has 0 amide bonds. The first kappa shape index (κ1) is 15.1. The number of nitrogens with zero attached hydrogens (tertiary/aromatic N) is 1. The minimum atomic E-state index is 0.497. The molecule has 1 aromatic carbocycles. The summed E-state index contributed by atoms with van der Waals surface area (Å²) < 4.78 is 6.66. The molecule has 0 radical (unpaired) electrons. The first-order valence-electron chi connectivity index (χ1n) is 6.60. The van der Waals surface area contributed by atoms with E-state index >= 15 is 0 Å². The molecule has 1 atom stereocenters. The molecule has 0 spiro atoms. The van der Waals surface area contributed by atoms with Gasteiger partial charge in [-0.1, -0.05) is 11.6 Å². The Bertz CT molecular complexity index is 426. The topological polar surface area (TPSA) is 38.5 Å². The van der Waals surface area contributed by atoms with Gasteiger partial charge in [-0.3, -0.25) is 4.90 Å². The van der Waals surface area contributed by atoms with E-state index in [0.717, 1.165) is 29.2 Å². The van der Waals surface area contributed by atoms with Gasteiger partial charge < -0.3 is 10.5 Å². The van der Waals surface area contributed by atoms with Gasteiger partial charge in [0.2, 0.25) is 0 Å². The quantitative estimate of drug-likeness (QED) is 0.823. The highest BCUT2D eigenvalue weighted by atomic mass is 79.9. The van der Waals surface area contributed by atoms with Crippen molar-refractivity contribution in [3.63, 3.8) is 0 Å². The number of benzene rings is 1. The van der Waals surface area contributed by atoms with Gasteiger partial charge in [-0.15, -0.1) is 0 Å². The standard InChI is InChI=1S/C14H20BrClN2O/c1-18(13(9-17)10-2-3-10)6-7-19-14-5-4-11(16)8-12(14)15/h4-5,8,10,13H,2-3,6-7,9,17H2,1H3. The Kier molecular flexibility index (Phi) is 5.51. The van der Waals surface area contributed by atoms with E-state index in [-0.39, 0.29) is 0 Å². The third-order valence-corrected chi connectivity index (χ3v) is 4.42. The maximum atomic E-state index is 5.90. The predicted octanol–water partition coefficient (Wildman–Crippen LogP) is 3.15. The summed E-state index contributed by atoms with van der Waals surface area (Å²) in [5.41, 5.74) is 5.83. The van der Waals surface area contributed by atoms with Crippen LogP contribution in [0.25, 0.3) is 0 Å². The van der Waals surface area contributed by atoms with Crippen LogP contribution in [-0.4, -0.2) is 37.7 Å². The summed E-state index contributed by atoms with van der Waals surface area (Å²) in [6.07, 6.45) is 2.63. The van der Waals surface area contributed by atoms with Crippen molar-refractivity contribution in [1.29, 1.82) is 0 Å². The van der Waals surface area contributed by atoms with Crippen molar-refractivity contribution in [3.8, 4) is 5.75 Å². The highest BCUT2D eigenvalue weighted by Crippen LogP contribution is 2.34. The Hall–Kier alpha value is -0.290. The van der Waals surface area contributed by atoms with Gasteiger partial charge in [-0.05, 0) is 59.9 Å². The van der Waals surface area contributed by atoms with E-state index in [1.807, 2.05) is 18.2 Å². The Labute approximate surface area is 128 Å². The Morgan fingerprint density at radius 3 is 2.84 bits per heavy atom. The summed E-state index contributed by atoms with van der Waals surface area (Å²) in [4.78, 5) is 2.31. The summed E-state index contributed by atoms with van der Waals surface area (Å²) in [5, 5.41) is 0.702. The average molecular weight is 348 g/mol. The van der Waals surface area contributed by atoms with Crippen LogP contribution in [-0.2, 0) is 0 Å². The summed E-state index contributed by atoms with van der Waals surface area (Å²) in [5.74, 6) is 1.62. The Morgan fingerprint density at radius 2 is 2.26 bits per heavy atom. The lowest BCUT2D eigenvalue weighted by molar-refractivity contribution is 0.179. The van der Waals surface area contributed by atoms with Crippen molar-refractivity contribution in [2.45, 2.75) is 18.9 Å². The highest BCUT2D eigenvalue weighted by molar-refractivity contribution is 9.10. The lowest BCUT2D eigenvalue weighted by Gasteiger charge is -2.26. The van der Waals surface area contributed by atoms with Crippen LogP contribution >= 0.6 is 27.5 Å². The maximum Gasteiger partial charge on any atom is 0.133 e. The van der Waals surface area contributed by atoms with Crippen LogP contribution in [0.4, 0.5) is 0 Å². The van der Waals surface area contributed by atoms with Crippen LogP contribution in [0.1, 0.15) is 12.8 Å². The van der Waals surface area contributed by atoms with E-state index in [2.05, 4.69) is 27.9 Å². The number of nitrogens with two attached hydrogens (primary N) is 1. The molecule has 106 valence electrons. The predicted molar refractivity (Wildman–Crippen MR) is 82.8 cm³/mol. The molecule has 19 heavy (non-hydrogen) atoms. The fourth-order valence-corrected chi connectivity index (χ4v) is 3.07. The number of halogens is 2. The molecule has 0 aliphatic heterocycles. The van der Waals surface area contributed by atoms with Gasteiger partial charge in [0.1, 0.15) is 12.4 Å². The highest BCUT2D eigenvalue weighted by Gasteiger charge is 2.32. The summed E-state index contributed by atoms with van der Waals surface area (Å²) in [6, 6.07) is 6.05. The number of rotatable bonds is 7. The monoisotopic (exact) mass is 346 g/mol. The second kappa shape index (κ2) is 6.93. The normalized spacial score (nSPS) is 16.7. The molecule has 1 saturated carbocycles. The third kappa shape index (κ3) is 4.35. The fourth-order valence-electron chi connectivity index (χ4n) is 2.27. The molecule has 1 aliphatic rings. The van der Waals surface area contributed by atoms with Crippen LogP contribution in [0.15, 0.2) is 22.7 Å². The van der Waals surface area contributed by atoms with Crippen LogP contribution in [0.3, 0.4) is 0 Å². The van der Waals surface area contributed by atoms with Crippen LogP contribution in [0, 0.1) is 5.92 Å². The summed E-state index contributed by atoms with van der Waals surface area (Å²) >= 11 is 9.34. The molecule has 1 fully saturated rings. The molecule has 3 nitrogen and oxygen atoms in total. The molecular formula is C14H20BrClN2O. The van der Waals surface area contributed by atoms with Crippen LogP contribution < -0.4 is 10.5 Å². The number of hydrogen-bond donors (Lipinski definition) is 1. The summed E-state index contributed by atoms with van der Waals surface area (Å²) in [7, 11) is 2.12. The third-order valence-electron chi connectivity index (χ3n) is 3.57. The molecule has 0 bridgehead atoms. The van der Waals surface area contributed by atoms with E-state index in [1.165, 1.54) is 12.8 Å². The number of likely N-dealkylation sites (N-methyl/N-ethyl adjacent to an activating group) is 1. The number of hydrogen-bond acceptors (Lipinski definition) is 3. The van der Waals surface area contributed by atoms with Crippen molar-refractivity contribution in [2.75, 3.05) is 26.7 Å². The maximum absolute atomic E-state index is 5.90. The second-order valence-electron chi connectivity index (χ2n) is 5.04. The van der Waals surface area contributed by atoms with E-state index < -0.39 is 0 Å². The van der Waals surface area contributed by atoms with E-state index in [9.17, 15) is 0 Å². The molecule has 2 rings (SSSR count). The van der Waals surface area contributed by atoms with E-state index in [4.69, 9.17) is 22.1 Å². The van der Waals surface area contributed by atoms with Gasteiger partial charge in [-0.25, -0.2) is 0 Å². The van der Waals surface area contributed by atoms with Crippen LogP contribution in [0.2, 0.25) is 5.02 Å². The van der Waals surface area contributed by atoms with Gasteiger partial charge in [0, 0.05) is 24.2 Å². The van der Waals surface area contributed by atoms with Gasteiger partial charge in [-0.2, -0.15) is 0 Å². The minimum Gasteiger partial charge on any atom is -0.491 e. The summed E-state index contributed by atoms with van der Waals surface area (Å²) in [6.45, 7) is 2.26. The smallest absolute Gasteiger partial charge is 0.133 e. The van der Waals surface area contributed by atoms with Crippen molar-refractivity contribution in [1.82, 2.24) is 4.90 Å². The van der Waals surface area contributed by atoms with Gasteiger partial charge in [0.25, 0.3) is 0 Å². The fraction of sp³-hybridized carbons (Fsp3) is 0.571. The van der Waals surface area contributed by atoms with Crippen LogP contribution in [0.5, 0.6) is 5.75 Å². The molecule has 1 unspecified atom stereocenters. The lowest BCUT2D eigenvalue weighted by Crippen LogP contribution is -2.41. The Balaban J connectivity index is 1.79. The number of ether oxygens (including phenoxy) is 1. The molecular weight excluding hydrogens is 328 g/mol. The van der Waals surface area contributed by atoms with Gasteiger partial charge >= 0.3 is 0 Å². The molecule has 1 aromatic rings. The molecule has 1 aliphatic carbocycles. The van der Waals surface area contributed by atoms with E-state index in [1.54, 1.807) is 0 Å². The average Bonchev–Trinajstić information content (AvgIpc) is 3.17. The largest absolute Gasteiger partial charge is 0.491 e. The van der Waals surface area contributed by atoms with Crippen molar-refractivity contribution >= 4 is 27.5 Å². The molecule has 2 N–H and O–H groups in total. The van der Waals surface area contributed by atoms with Gasteiger partial charge in [0.15, 0.2) is 0 Å². The first-order chi connectivity index (χ1) is 9.11. The van der Waals surface area contributed by atoms with Crippen molar-refractivity contribution < 1.29 is 4.74 Å². The molecule has 0 aromatic heterocycles.